The van der Waals surface area contributed by atoms with Crippen LogP contribution in [0.5, 0.6) is 17.2 Å². The molecule has 0 saturated carbocycles. The molecule has 22 heavy (non-hydrogen) atoms. The van der Waals surface area contributed by atoms with Crippen LogP contribution in [0, 0.1) is 3.57 Å². The minimum absolute atomic E-state index is 0.196. The van der Waals surface area contributed by atoms with Gasteiger partial charge in [0.2, 0.25) is 0 Å². The van der Waals surface area contributed by atoms with E-state index in [9.17, 15) is 9.90 Å². The third-order valence-electron chi connectivity index (χ3n) is 3.08. The summed E-state index contributed by atoms with van der Waals surface area (Å²) in [4.78, 5) is 11.4. The molecule has 116 valence electrons. The third kappa shape index (κ3) is 4.35. The summed E-state index contributed by atoms with van der Waals surface area (Å²) in [6.45, 7) is 0. The van der Waals surface area contributed by atoms with Crippen molar-refractivity contribution >= 4 is 28.6 Å². The zero-order valence-electron chi connectivity index (χ0n) is 12.1. The van der Waals surface area contributed by atoms with Gasteiger partial charge in [-0.05, 0) is 64.6 Å². The minimum Gasteiger partial charge on any atom is -0.508 e. The second kappa shape index (κ2) is 7.46. The van der Waals surface area contributed by atoms with Crippen LogP contribution in [0.1, 0.15) is 5.56 Å². The maximum absolute atomic E-state index is 11.4. The quantitative estimate of drug-likeness (QED) is 0.580. The smallest absolute Gasteiger partial charge is 0.364 e. The Morgan fingerprint density at radius 3 is 2.55 bits per heavy atom. The van der Waals surface area contributed by atoms with Gasteiger partial charge in [0.15, 0.2) is 6.04 Å². The van der Waals surface area contributed by atoms with Crippen molar-refractivity contribution in [2.24, 2.45) is 0 Å². The predicted molar refractivity (Wildman–Crippen MR) is 89.7 cm³/mol. The van der Waals surface area contributed by atoms with Gasteiger partial charge in [-0.3, -0.25) is 0 Å². The van der Waals surface area contributed by atoms with Crippen LogP contribution in [0.25, 0.3) is 0 Å². The summed E-state index contributed by atoms with van der Waals surface area (Å²) in [6.07, 6.45) is 0.516. The number of esters is 1. The van der Waals surface area contributed by atoms with Gasteiger partial charge >= 0.3 is 5.97 Å². The summed E-state index contributed by atoms with van der Waals surface area (Å²) in [5.41, 5.74) is 4.79. The van der Waals surface area contributed by atoms with Crippen LogP contribution in [0.2, 0.25) is 0 Å². The van der Waals surface area contributed by atoms with Crippen molar-refractivity contribution in [1.29, 1.82) is 0 Å². The largest absolute Gasteiger partial charge is 0.508 e. The van der Waals surface area contributed by atoms with E-state index in [0.29, 0.717) is 17.9 Å². The number of methoxy groups -OCH3 is 1. The number of halogens is 1. The van der Waals surface area contributed by atoms with Crippen LogP contribution in [-0.4, -0.2) is 24.2 Å². The first-order valence-corrected chi connectivity index (χ1v) is 7.73. The summed E-state index contributed by atoms with van der Waals surface area (Å²) in [5.74, 6) is 1.24. The predicted octanol–water partition coefficient (Wildman–Crippen LogP) is 2.12. The van der Waals surface area contributed by atoms with Crippen LogP contribution >= 0.6 is 22.6 Å². The van der Waals surface area contributed by atoms with E-state index in [4.69, 9.17) is 4.74 Å². The molecular formula is C16H17INO4+. The van der Waals surface area contributed by atoms with E-state index in [1.807, 2.05) is 18.2 Å². The Balaban J connectivity index is 2.09. The molecule has 1 atom stereocenters. The van der Waals surface area contributed by atoms with E-state index in [2.05, 4.69) is 33.1 Å². The SMILES string of the molecule is COC(=O)C([NH3+])Cc1ccc(Oc2ccc(O)cc2)c(I)c1. The first kappa shape index (κ1) is 16.6. The van der Waals surface area contributed by atoms with Crippen molar-refractivity contribution in [2.75, 3.05) is 7.11 Å². The Morgan fingerprint density at radius 1 is 1.27 bits per heavy atom. The highest BCUT2D eigenvalue weighted by Crippen LogP contribution is 2.28. The lowest BCUT2D eigenvalue weighted by atomic mass is 10.1. The fourth-order valence-electron chi connectivity index (χ4n) is 1.93. The molecule has 0 bridgehead atoms. The maximum atomic E-state index is 11.4. The second-order valence-corrected chi connectivity index (χ2v) is 5.95. The number of hydrogen-bond donors (Lipinski definition) is 2. The molecule has 2 aromatic carbocycles. The van der Waals surface area contributed by atoms with Crippen molar-refractivity contribution in [3.8, 4) is 17.2 Å². The average molecular weight is 414 g/mol. The lowest BCUT2D eigenvalue weighted by Gasteiger charge is -2.11. The highest BCUT2D eigenvalue weighted by molar-refractivity contribution is 14.1. The van der Waals surface area contributed by atoms with Crippen molar-refractivity contribution in [2.45, 2.75) is 12.5 Å². The molecule has 1 unspecified atom stereocenters. The van der Waals surface area contributed by atoms with E-state index >= 15 is 0 Å². The average Bonchev–Trinajstić information content (AvgIpc) is 2.51. The van der Waals surface area contributed by atoms with Gasteiger partial charge < -0.3 is 20.3 Å². The molecule has 4 N–H and O–H groups in total. The molecule has 0 aliphatic rings. The lowest BCUT2D eigenvalue weighted by molar-refractivity contribution is -0.407. The van der Waals surface area contributed by atoms with Crippen molar-refractivity contribution in [3.63, 3.8) is 0 Å². The molecule has 0 radical (unpaired) electrons. The molecule has 0 spiro atoms. The number of hydrogen-bond acceptors (Lipinski definition) is 4. The molecule has 0 fully saturated rings. The number of quaternary nitrogens is 1. The molecule has 0 aliphatic carbocycles. The normalized spacial score (nSPS) is 11.8. The standard InChI is InChI=1S/C16H16INO4/c1-21-16(20)14(18)9-10-2-7-15(13(17)8-10)22-12-5-3-11(19)4-6-12/h2-8,14,19H,9,18H2,1H3/p+1. The van der Waals surface area contributed by atoms with Crippen LogP contribution < -0.4 is 10.5 Å². The topological polar surface area (TPSA) is 83.4 Å². The Bertz CT molecular complexity index is 658. The van der Waals surface area contributed by atoms with Crippen LogP contribution in [0.15, 0.2) is 42.5 Å². The Kier molecular flexibility index (Phi) is 5.62. The van der Waals surface area contributed by atoms with E-state index < -0.39 is 6.04 Å². The zero-order valence-corrected chi connectivity index (χ0v) is 14.2. The Hall–Kier alpha value is -1.80. The monoisotopic (exact) mass is 414 g/mol. The number of ether oxygens (including phenoxy) is 2. The van der Waals surface area contributed by atoms with Gasteiger partial charge in [0.25, 0.3) is 0 Å². The summed E-state index contributed by atoms with van der Waals surface area (Å²) in [6, 6.07) is 11.8. The molecule has 5 nitrogen and oxygen atoms in total. The van der Waals surface area contributed by atoms with Crippen LogP contribution in [-0.2, 0) is 16.0 Å². The van der Waals surface area contributed by atoms with Gasteiger partial charge in [-0.25, -0.2) is 4.79 Å². The molecule has 0 saturated heterocycles. The minimum atomic E-state index is -0.426. The van der Waals surface area contributed by atoms with E-state index in [0.717, 1.165) is 9.13 Å². The maximum Gasteiger partial charge on any atom is 0.364 e. The second-order valence-electron chi connectivity index (χ2n) is 4.78. The number of phenols is 1. The summed E-state index contributed by atoms with van der Waals surface area (Å²) in [5, 5.41) is 9.26. The highest BCUT2D eigenvalue weighted by atomic mass is 127. The summed E-state index contributed by atoms with van der Waals surface area (Å²) in [7, 11) is 1.36. The molecular weight excluding hydrogens is 397 g/mol. The zero-order chi connectivity index (χ0) is 16.1. The number of phenolic OH excluding ortho intramolecular Hbond substituents is 1. The summed E-state index contributed by atoms with van der Waals surface area (Å²) >= 11 is 2.18. The number of aromatic hydroxyl groups is 1. The third-order valence-corrected chi connectivity index (χ3v) is 3.92. The van der Waals surface area contributed by atoms with Crippen molar-refractivity contribution in [1.82, 2.24) is 0 Å². The molecule has 2 aromatic rings. The first-order chi connectivity index (χ1) is 10.5. The molecule has 0 amide bonds. The molecule has 2 rings (SSSR count). The van der Waals surface area contributed by atoms with Gasteiger partial charge in [-0.2, -0.15) is 0 Å². The fourth-order valence-corrected chi connectivity index (χ4v) is 2.62. The van der Waals surface area contributed by atoms with Crippen LogP contribution in [0.4, 0.5) is 0 Å². The molecule has 0 heterocycles. The van der Waals surface area contributed by atoms with Crippen molar-refractivity contribution < 1.29 is 25.1 Å². The molecule has 6 heteroatoms. The number of carbonyl (C=O) groups is 1. The number of rotatable bonds is 5. The molecule has 0 aliphatic heterocycles. The van der Waals surface area contributed by atoms with Crippen molar-refractivity contribution in [3.05, 3.63) is 51.6 Å². The van der Waals surface area contributed by atoms with Gasteiger partial charge in [0.1, 0.15) is 17.2 Å². The van der Waals surface area contributed by atoms with Gasteiger partial charge in [-0.1, -0.05) is 6.07 Å². The summed E-state index contributed by atoms with van der Waals surface area (Å²) < 4.78 is 11.4. The Morgan fingerprint density at radius 2 is 1.95 bits per heavy atom. The van der Waals surface area contributed by atoms with E-state index in [1.54, 1.807) is 24.3 Å². The number of carbonyl (C=O) groups excluding carboxylic acids is 1. The fraction of sp³-hybridized carbons (Fsp3) is 0.188. The first-order valence-electron chi connectivity index (χ1n) is 6.66. The molecule has 0 aromatic heterocycles. The number of benzene rings is 2. The lowest BCUT2D eigenvalue weighted by Crippen LogP contribution is -2.66. The van der Waals surface area contributed by atoms with Gasteiger partial charge in [-0.15, -0.1) is 0 Å². The highest BCUT2D eigenvalue weighted by Gasteiger charge is 2.18. The Labute approximate surface area is 142 Å². The van der Waals surface area contributed by atoms with E-state index in [-0.39, 0.29) is 11.7 Å². The van der Waals surface area contributed by atoms with Gasteiger partial charge in [0, 0.05) is 6.42 Å². The van der Waals surface area contributed by atoms with Gasteiger partial charge in [0.05, 0.1) is 10.7 Å². The van der Waals surface area contributed by atoms with E-state index in [1.165, 1.54) is 7.11 Å². The van der Waals surface area contributed by atoms with Crippen LogP contribution in [0.3, 0.4) is 0 Å².